The van der Waals surface area contributed by atoms with Gasteiger partial charge in [-0.25, -0.2) is 0 Å². The van der Waals surface area contributed by atoms with E-state index in [0.717, 1.165) is 38.5 Å². The fraction of sp³-hybridized carbons (Fsp3) is 0.900. The fourth-order valence-electron chi connectivity index (χ4n) is 3.04. The summed E-state index contributed by atoms with van der Waals surface area (Å²) in [5, 5.41) is 0. The Kier molecular flexibility index (Phi) is 8.58. The van der Waals surface area contributed by atoms with Crippen LogP contribution in [0.3, 0.4) is 0 Å². The maximum atomic E-state index is 12.7. The molecule has 0 bridgehead atoms. The van der Waals surface area contributed by atoms with Crippen molar-refractivity contribution in [3.8, 4) is 0 Å². The van der Waals surface area contributed by atoms with Gasteiger partial charge in [0.1, 0.15) is 11.6 Å². The normalized spacial score (nSPS) is 17.5. The molecule has 0 amide bonds. The van der Waals surface area contributed by atoms with Gasteiger partial charge in [-0.3, -0.25) is 9.59 Å². The molecule has 24 heavy (non-hydrogen) atoms. The lowest BCUT2D eigenvalue weighted by atomic mass is 9.72. The van der Waals surface area contributed by atoms with E-state index in [1.54, 1.807) is 0 Å². The summed E-state index contributed by atoms with van der Waals surface area (Å²) in [6.45, 7) is 10.2. The number of unbranched alkanes of at least 4 members (excludes halogenated alkanes) is 4. The smallest absolute Gasteiger partial charge is 0.236 e. The van der Waals surface area contributed by atoms with Crippen LogP contribution in [0, 0.1) is 10.8 Å². The SMILES string of the molecule is CCCCCC(=O)C(C)(C)CCC(C)(C(=O)CCCCC)C1OO1. The molecule has 4 heteroatoms. The van der Waals surface area contributed by atoms with E-state index in [4.69, 9.17) is 9.78 Å². The summed E-state index contributed by atoms with van der Waals surface area (Å²) in [4.78, 5) is 35.2. The van der Waals surface area contributed by atoms with Crippen LogP contribution in [-0.2, 0) is 19.4 Å². The first kappa shape index (κ1) is 21.3. The highest BCUT2D eigenvalue weighted by Gasteiger charge is 2.51. The Morgan fingerprint density at radius 1 is 0.792 bits per heavy atom. The molecule has 0 aromatic heterocycles. The van der Waals surface area contributed by atoms with E-state index in [9.17, 15) is 9.59 Å². The zero-order valence-electron chi connectivity index (χ0n) is 16.3. The van der Waals surface area contributed by atoms with E-state index in [0.29, 0.717) is 31.5 Å². The molecule has 1 unspecified atom stereocenters. The first-order valence-corrected chi connectivity index (χ1v) is 9.66. The van der Waals surface area contributed by atoms with E-state index in [1.807, 2.05) is 20.8 Å². The second-order valence-corrected chi connectivity index (χ2v) is 8.09. The number of ketones is 2. The van der Waals surface area contributed by atoms with Gasteiger partial charge in [0.25, 0.3) is 0 Å². The fourth-order valence-corrected chi connectivity index (χ4v) is 3.04. The number of hydrogen-bond acceptors (Lipinski definition) is 4. The Morgan fingerprint density at radius 2 is 1.29 bits per heavy atom. The molecule has 0 aromatic rings. The topological polar surface area (TPSA) is 59.2 Å². The molecule has 4 nitrogen and oxygen atoms in total. The van der Waals surface area contributed by atoms with Gasteiger partial charge in [0.05, 0.1) is 5.41 Å². The van der Waals surface area contributed by atoms with Gasteiger partial charge in [-0.05, 0) is 32.6 Å². The maximum Gasteiger partial charge on any atom is 0.236 e. The Bertz CT molecular complexity index is 412. The monoisotopic (exact) mass is 340 g/mol. The Hall–Kier alpha value is -0.740. The van der Waals surface area contributed by atoms with Crippen LogP contribution < -0.4 is 0 Å². The molecule has 1 rings (SSSR count). The number of Topliss-reactive ketones (excluding diaryl/α,β-unsaturated/α-hetero) is 2. The molecule has 1 fully saturated rings. The van der Waals surface area contributed by atoms with Crippen LogP contribution in [0.15, 0.2) is 0 Å². The van der Waals surface area contributed by atoms with Crippen LogP contribution >= 0.6 is 0 Å². The van der Waals surface area contributed by atoms with Crippen molar-refractivity contribution in [3.63, 3.8) is 0 Å². The van der Waals surface area contributed by atoms with Crippen LogP contribution in [0.25, 0.3) is 0 Å². The van der Waals surface area contributed by atoms with Crippen molar-refractivity contribution in [1.82, 2.24) is 0 Å². The lowest BCUT2D eigenvalue weighted by Gasteiger charge is -2.30. The van der Waals surface area contributed by atoms with E-state index < -0.39 is 17.1 Å². The molecule has 0 radical (unpaired) electrons. The van der Waals surface area contributed by atoms with E-state index in [1.165, 1.54) is 0 Å². The zero-order valence-corrected chi connectivity index (χ0v) is 16.3. The summed E-state index contributed by atoms with van der Waals surface area (Å²) in [6, 6.07) is 0. The number of carbonyl (C=O) groups excluding carboxylic acids is 2. The molecule has 0 aromatic carbocycles. The third kappa shape index (κ3) is 6.29. The molecule has 0 N–H and O–H groups in total. The van der Waals surface area contributed by atoms with Crippen molar-refractivity contribution in [3.05, 3.63) is 0 Å². The van der Waals surface area contributed by atoms with Crippen LogP contribution in [0.1, 0.15) is 98.8 Å². The average molecular weight is 341 g/mol. The van der Waals surface area contributed by atoms with Crippen LogP contribution in [0.2, 0.25) is 0 Å². The average Bonchev–Trinajstić information content (AvgIpc) is 3.38. The standard InChI is InChI=1S/C20H36O4/c1-6-8-10-12-16(21)19(3,4)14-15-20(5,18-23-24-18)17(22)13-11-9-7-2/h18H,6-15H2,1-5H3. The lowest BCUT2D eigenvalue weighted by molar-refractivity contribution is -0.133. The second kappa shape index (κ2) is 9.67. The highest BCUT2D eigenvalue weighted by atomic mass is 17.4. The molecular formula is C20H36O4. The number of rotatable bonds is 14. The number of hydrogen-bond donors (Lipinski definition) is 0. The minimum Gasteiger partial charge on any atom is -0.299 e. The molecule has 1 aliphatic heterocycles. The first-order valence-electron chi connectivity index (χ1n) is 9.66. The minimum atomic E-state index is -0.630. The predicted molar refractivity (Wildman–Crippen MR) is 95.4 cm³/mol. The third-order valence-electron chi connectivity index (χ3n) is 5.39. The van der Waals surface area contributed by atoms with Crippen molar-refractivity contribution in [2.45, 2.75) is 105 Å². The van der Waals surface area contributed by atoms with Gasteiger partial charge >= 0.3 is 0 Å². The highest BCUT2D eigenvalue weighted by Crippen LogP contribution is 2.43. The van der Waals surface area contributed by atoms with Crippen molar-refractivity contribution in [2.75, 3.05) is 0 Å². The van der Waals surface area contributed by atoms with Crippen LogP contribution in [0.4, 0.5) is 0 Å². The summed E-state index contributed by atoms with van der Waals surface area (Å²) in [5.41, 5.74) is -1.03. The van der Waals surface area contributed by atoms with Crippen molar-refractivity contribution >= 4 is 11.6 Å². The van der Waals surface area contributed by atoms with Crippen LogP contribution in [-0.4, -0.2) is 17.9 Å². The molecule has 0 aliphatic carbocycles. The van der Waals surface area contributed by atoms with Crippen molar-refractivity contribution in [1.29, 1.82) is 0 Å². The van der Waals surface area contributed by atoms with Crippen LogP contribution in [0.5, 0.6) is 0 Å². The van der Waals surface area contributed by atoms with Gasteiger partial charge in [-0.1, -0.05) is 53.4 Å². The van der Waals surface area contributed by atoms with E-state index in [-0.39, 0.29) is 5.78 Å². The molecule has 0 spiro atoms. The van der Waals surface area contributed by atoms with Gasteiger partial charge in [0.2, 0.25) is 6.29 Å². The second-order valence-electron chi connectivity index (χ2n) is 8.09. The highest BCUT2D eigenvalue weighted by molar-refractivity contribution is 5.86. The summed E-state index contributed by atoms with van der Waals surface area (Å²) in [7, 11) is 0. The maximum absolute atomic E-state index is 12.7. The summed E-state index contributed by atoms with van der Waals surface area (Å²) < 4.78 is 0. The predicted octanol–water partition coefficient (Wildman–Crippen LogP) is 5.39. The van der Waals surface area contributed by atoms with Gasteiger partial charge in [0.15, 0.2) is 0 Å². The van der Waals surface area contributed by atoms with Gasteiger partial charge in [-0.2, -0.15) is 9.78 Å². The Labute approximate surface area is 147 Å². The van der Waals surface area contributed by atoms with Crippen molar-refractivity contribution < 1.29 is 19.4 Å². The Morgan fingerprint density at radius 3 is 1.75 bits per heavy atom. The molecule has 1 atom stereocenters. The molecule has 0 saturated carbocycles. The Balaban J connectivity index is 2.58. The quantitative estimate of drug-likeness (QED) is 0.242. The van der Waals surface area contributed by atoms with Gasteiger partial charge < -0.3 is 0 Å². The lowest BCUT2D eigenvalue weighted by Crippen LogP contribution is -2.36. The van der Waals surface area contributed by atoms with Crippen molar-refractivity contribution in [2.24, 2.45) is 10.8 Å². The summed E-state index contributed by atoms with van der Waals surface area (Å²) in [6.07, 6.45) is 8.35. The summed E-state index contributed by atoms with van der Waals surface area (Å²) in [5.74, 6) is 0.502. The third-order valence-corrected chi connectivity index (χ3v) is 5.39. The van der Waals surface area contributed by atoms with E-state index in [2.05, 4.69) is 13.8 Å². The van der Waals surface area contributed by atoms with Gasteiger partial charge in [-0.15, -0.1) is 0 Å². The molecule has 140 valence electrons. The first-order chi connectivity index (χ1) is 11.3. The molecule has 1 aliphatic rings. The summed E-state index contributed by atoms with van der Waals surface area (Å²) >= 11 is 0. The van der Waals surface area contributed by atoms with E-state index >= 15 is 0 Å². The number of carbonyl (C=O) groups is 2. The molecular weight excluding hydrogens is 304 g/mol. The molecule has 1 saturated heterocycles. The minimum absolute atomic E-state index is 0.202. The van der Waals surface area contributed by atoms with Gasteiger partial charge in [0, 0.05) is 18.3 Å². The molecule has 1 heterocycles. The largest absolute Gasteiger partial charge is 0.299 e. The zero-order chi connectivity index (χ0) is 18.2.